The Morgan fingerprint density at radius 1 is 1.09 bits per heavy atom. The highest BCUT2D eigenvalue weighted by Gasteiger charge is 2.15. The minimum Gasteiger partial charge on any atom is -0.481 e. The van der Waals surface area contributed by atoms with E-state index >= 15 is 0 Å². The van der Waals surface area contributed by atoms with Crippen molar-refractivity contribution >= 4 is 17.7 Å². The molecule has 0 fully saturated rings. The number of ether oxygens (including phenoxy) is 1. The zero-order valence-electron chi connectivity index (χ0n) is 18.1. The topological polar surface area (TPSA) is 101 Å². The fraction of sp³-hybridized carbons (Fsp3) is 0.208. The molecule has 0 saturated heterocycles. The predicted octanol–water partition coefficient (Wildman–Crippen LogP) is 4.92. The van der Waals surface area contributed by atoms with Crippen molar-refractivity contribution in [2.45, 2.75) is 33.4 Å². The summed E-state index contributed by atoms with van der Waals surface area (Å²) in [7, 11) is 0. The number of aliphatic carboxylic acids is 1. The van der Waals surface area contributed by atoms with E-state index in [4.69, 9.17) is 5.11 Å². The van der Waals surface area contributed by atoms with Gasteiger partial charge in [0.15, 0.2) is 0 Å². The highest BCUT2D eigenvalue weighted by molar-refractivity contribution is 5.90. The Kier molecular flexibility index (Phi) is 7.55. The molecule has 0 saturated carbocycles. The summed E-state index contributed by atoms with van der Waals surface area (Å²) in [5.74, 6) is -0.859. The number of carbonyl (C=O) groups excluding carboxylic acids is 1. The van der Waals surface area contributed by atoms with Gasteiger partial charge in [0.25, 0.3) is 0 Å². The summed E-state index contributed by atoms with van der Waals surface area (Å²) in [5.41, 5.74) is 4.56. The number of amides is 2. The maximum Gasteiger partial charge on any atom is 0.387 e. The lowest BCUT2D eigenvalue weighted by Crippen LogP contribution is -2.28. The van der Waals surface area contributed by atoms with Gasteiger partial charge in [-0.25, -0.2) is 4.79 Å². The summed E-state index contributed by atoms with van der Waals surface area (Å²) in [6, 6.07) is 12.9. The number of nitrogens with one attached hydrogen (secondary N) is 2. The van der Waals surface area contributed by atoms with E-state index in [1.54, 1.807) is 42.5 Å². The first-order valence-corrected chi connectivity index (χ1v) is 10.1. The number of halogens is 2. The summed E-state index contributed by atoms with van der Waals surface area (Å²) in [6.45, 7) is 0.882. The van der Waals surface area contributed by atoms with Gasteiger partial charge >= 0.3 is 18.6 Å². The Labute approximate surface area is 189 Å². The van der Waals surface area contributed by atoms with Gasteiger partial charge in [0, 0.05) is 17.4 Å². The molecule has 0 aliphatic rings. The molecule has 33 heavy (non-hydrogen) atoms. The third-order valence-electron chi connectivity index (χ3n) is 4.83. The van der Waals surface area contributed by atoms with Gasteiger partial charge in [-0.1, -0.05) is 24.3 Å². The normalized spacial score (nSPS) is 10.7. The number of benzene rings is 2. The van der Waals surface area contributed by atoms with Crippen molar-refractivity contribution in [2.24, 2.45) is 0 Å². The number of aromatic nitrogens is 1. The van der Waals surface area contributed by atoms with Gasteiger partial charge in [-0.2, -0.15) is 8.78 Å². The fourth-order valence-electron chi connectivity index (χ4n) is 3.52. The van der Waals surface area contributed by atoms with Crippen molar-refractivity contribution in [1.82, 2.24) is 10.3 Å². The van der Waals surface area contributed by atoms with E-state index in [2.05, 4.69) is 20.4 Å². The molecule has 3 aromatic rings. The largest absolute Gasteiger partial charge is 0.481 e. The van der Waals surface area contributed by atoms with Gasteiger partial charge in [0.1, 0.15) is 5.75 Å². The van der Waals surface area contributed by atoms with Crippen LogP contribution in [0, 0.1) is 13.8 Å². The Balaban J connectivity index is 1.68. The fourth-order valence-corrected chi connectivity index (χ4v) is 3.52. The molecule has 0 bridgehead atoms. The monoisotopic (exact) mass is 455 g/mol. The second-order valence-corrected chi connectivity index (χ2v) is 7.40. The van der Waals surface area contributed by atoms with Gasteiger partial charge in [-0.15, -0.1) is 0 Å². The minimum atomic E-state index is -2.93. The number of nitrogens with zero attached hydrogens (tertiary/aromatic N) is 1. The third kappa shape index (κ3) is 6.49. The summed E-state index contributed by atoms with van der Waals surface area (Å²) < 4.78 is 30.2. The molecule has 2 aromatic carbocycles. The van der Waals surface area contributed by atoms with Gasteiger partial charge in [-0.05, 0) is 60.4 Å². The Bertz CT molecular complexity index is 1130. The maximum atomic E-state index is 12.8. The van der Waals surface area contributed by atoms with Crippen LogP contribution in [0.1, 0.15) is 22.4 Å². The number of hydrogen-bond donors (Lipinski definition) is 3. The molecule has 172 valence electrons. The number of hydrogen-bond acceptors (Lipinski definition) is 4. The zero-order valence-corrected chi connectivity index (χ0v) is 18.1. The quantitative estimate of drug-likeness (QED) is 0.448. The van der Waals surface area contributed by atoms with Crippen molar-refractivity contribution in [2.75, 3.05) is 5.32 Å². The van der Waals surface area contributed by atoms with Crippen LogP contribution in [0.4, 0.5) is 19.3 Å². The highest BCUT2D eigenvalue weighted by Crippen LogP contribution is 2.36. The smallest absolute Gasteiger partial charge is 0.387 e. The lowest BCUT2D eigenvalue weighted by Gasteiger charge is -2.17. The molecule has 0 aliphatic heterocycles. The molecule has 0 atom stereocenters. The van der Waals surface area contributed by atoms with E-state index in [1.807, 2.05) is 13.8 Å². The van der Waals surface area contributed by atoms with E-state index in [9.17, 15) is 18.4 Å². The van der Waals surface area contributed by atoms with Crippen LogP contribution in [0.15, 0.2) is 54.7 Å². The van der Waals surface area contributed by atoms with Crippen LogP contribution in [0.2, 0.25) is 0 Å². The molecule has 0 aliphatic carbocycles. The van der Waals surface area contributed by atoms with E-state index in [0.29, 0.717) is 22.5 Å². The molecule has 1 heterocycles. The van der Waals surface area contributed by atoms with Crippen LogP contribution in [0.25, 0.3) is 11.1 Å². The van der Waals surface area contributed by atoms with Crippen LogP contribution in [-0.4, -0.2) is 28.7 Å². The highest BCUT2D eigenvalue weighted by atomic mass is 19.3. The number of carbonyl (C=O) groups is 2. The Morgan fingerprint density at radius 2 is 1.79 bits per heavy atom. The van der Waals surface area contributed by atoms with Crippen molar-refractivity contribution in [3.05, 3.63) is 77.1 Å². The summed E-state index contributed by atoms with van der Waals surface area (Å²) >= 11 is 0. The van der Waals surface area contributed by atoms with Crippen molar-refractivity contribution < 1.29 is 28.2 Å². The second-order valence-electron chi connectivity index (χ2n) is 7.40. The van der Waals surface area contributed by atoms with Crippen molar-refractivity contribution in [3.63, 3.8) is 0 Å². The predicted molar refractivity (Wildman–Crippen MR) is 119 cm³/mol. The van der Waals surface area contributed by atoms with Gasteiger partial charge < -0.3 is 20.5 Å². The summed E-state index contributed by atoms with van der Waals surface area (Å²) in [5, 5.41) is 14.2. The molecule has 7 nitrogen and oxygen atoms in total. The third-order valence-corrected chi connectivity index (χ3v) is 4.83. The molecular weight excluding hydrogens is 432 g/mol. The number of rotatable bonds is 8. The van der Waals surface area contributed by atoms with Gasteiger partial charge in [0.2, 0.25) is 0 Å². The minimum absolute atomic E-state index is 0.0824. The Morgan fingerprint density at radius 3 is 2.39 bits per heavy atom. The number of pyridine rings is 1. The van der Waals surface area contributed by atoms with Crippen LogP contribution in [0.5, 0.6) is 5.75 Å². The van der Waals surface area contributed by atoms with Crippen LogP contribution in [-0.2, 0) is 17.8 Å². The van der Waals surface area contributed by atoms with E-state index < -0.39 is 18.6 Å². The first-order valence-electron chi connectivity index (χ1n) is 10.1. The van der Waals surface area contributed by atoms with E-state index in [-0.39, 0.29) is 18.7 Å². The van der Waals surface area contributed by atoms with E-state index in [1.165, 1.54) is 12.3 Å². The number of carboxylic acids is 1. The lowest BCUT2D eigenvalue weighted by atomic mass is 9.94. The number of carboxylic acid groups (broad SMARTS) is 1. The summed E-state index contributed by atoms with van der Waals surface area (Å²) in [6.07, 6.45) is 1.35. The lowest BCUT2D eigenvalue weighted by molar-refractivity contribution is -0.136. The van der Waals surface area contributed by atoms with Crippen molar-refractivity contribution in [1.29, 1.82) is 0 Å². The molecule has 0 radical (unpaired) electrons. The average Bonchev–Trinajstić information content (AvgIpc) is 2.73. The second kappa shape index (κ2) is 10.5. The standard InChI is InChI=1S/C24H23F2N3O4/c1-14-9-18(10-15(2)22(14)19-5-3-4-6-20(19)33-23(25)26)29-24(32)28-13-17-8-7-16(12-27-17)11-21(30)31/h3-10,12,23H,11,13H2,1-2H3,(H,30,31)(H2,28,29,32). The SMILES string of the molecule is Cc1cc(NC(=O)NCc2ccc(CC(=O)O)cn2)cc(C)c1-c1ccccc1OC(F)F. The first kappa shape index (κ1) is 23.6. The van der Waals surface area contributed by atoms with Crippen LogP contribution in [0.3, 0.4) is 0 Å². The molecule has 0 unspecified atom stereocenters. The van der Waals surface area contributed by atoms with Gasteiger partial charge in [-0.3, -0.25) is 9.78 Å². The van der Waals surface area contributed by atoms with Crippen molar-refractivity contribution in [3.8, 4) is 16.9 Å². The number of urea groups is 1. The Hall–Kier alpha value is -4.01. The molecule has 3 N–H and O–H groups in total. The molecule has 3 rings (SSSR count). The first-order chi connectivity index (χ1) is 15.7. The summed E-state index contributed by atoms with van der Waals surface area (Å²) in [4.78, 5) is 27.2. The molecule has 2 amide bonds. The molecular formula is C24H23F2N3O4. The number of para-hydroxylation sites is 1. The van der Waals surface area contributed by atoms with Crippen LogP contribution >= 0.6 is 0 Å². The number of aryl methyl sites for hydroxylation is 2. The van der Waals surface area contributed by atoms with Crippen LogP contribution < -0.4 is 15.4 Å². The zero-order chi connectivity index (χ0) is 24.0. The molecule has 9 heteroatoms. The maximum absolute atomic E-state index is 12.8. The van der Waals surface area contributed by atoms with E-state index in [0.717, 1.165) is 16.7 Å². The average molecular weight is 455 g/mol. The number of anilines is 1. The van der Waals surface area contributed by atoms with Gasteiger partial charge in [0.05, 0.1) is 18.7 Å². The number of alkyl halides is 2. The molecule has 1 aromatic heterocycles. The molecule has 0 spiro atoms.